The van der Waals surface area contributed by atoms with Crippen molar-refractivity contribution in [3.05, 3.63) is 65.2 Å². The first-order chi connectivity index (χ1) is 16.2. The summed E-state index contributed by atoms with van der Waals surface area (Å²) in [7, 11) is 7.74. The molecular weight excluding hydrogens is 430 g/mol. The Morgan fingerprint density at radius 1 is 1.06 bits per heavy atom. The van der Waals surface area contributed by atoms with Crippen molar-refractivity contribution in [3.8, 4) is 5.75 Å². The SMILES string of the molecule is CCCCOc1cccc(C(O)=C2C(=O)C(=O)N(CCN(C)C)C2c2ccc(N(C)C)cc2)c1. The molecule has 0 aliphatic carbocycles. The number of rotatable bonds is 10. The van der Waals surface area contributed by atoms with Gasteiger partial charge in [0.05, 0.1) is 18.2 Å². The van der Waals surface area contributed by atoms with Crippen molar-refractivity contribution < 1.29 is 19.4 Å². The van der Waals surface area contributed by atoms with Crippen LogP contribution in [0.25, 0.3) is 5.76 Å². The summed E-state index contributed by atoms with van der Waals surface area (Å²) >= 11 is 0. The number of amides is 1. The number of hydrogen-bond acceptors (Lipinski definition) is 6. The highest BCUT2D eigenvalue weighted by molar-refractivity contribution is 6.46. The number of ketones is 1. The van der Waals surface area contributed by atoms with Crippen LogP contribution in [0.2, 0.25) is 0 Å². The van der Waals surface area contributed by atoms with Crippen molar-refractivity contribution in [2.45, 2.75) is 25.8 Å². The van der Waals surface area contributed by atoms with Crippen LogP contribution < -0.4 is 9.64 Å². The van der Waals surface area contributed by atoms with E-state index in [1.807, 2.05) is 68.3 Å². The number of aliphatic hydroxyl groups excluding tert-OH is 1. The fourth-order valence-electron chi connectivity index (χ4n) is 3.94. The number of aliphatic hydroxyl groups is 1. The molecule has 0 aromatic heterocycles. The molecule has 7 nitrogen and oxygen atoms in total. The van der Waals surface area contributed by atoms with Gasteiger partial charge in [-0.1, -0.05) is 37.6 Å². The third kappa shape index (κ3) is 5.59. The van der Waals surface area contributed by atoms with Gasteiger partial charge >= 0.3 is 0 Å². The summed E-state index contributed by atoms with van der Waals surface area (Å²) in [5, 5.41) is 11.3. The minimum absolute atomic E-state index is 0.104. The van der Waals surface area contributed by atoms with Crippen molar-refractivity contribution in [2.24, 2.45) is 0 Å². The molecule has 2 aromatic rings. The van der Waals surface area contributed by atoms with E-state index in [4.69, 9.17) is 4.74 Å². The Labute approximate surface area is 202 Å². The van der Waals surface area contributed by atoms with E-state index in [0.29, 0.717) is 31.0 Å². The predicted molar refractivity (Wildman–Crippen MR) is 135 cm³/mol. The lowest BCUT2D eigenvalue weighted by molar-refractivity contribution is -0.140. The first-order valence-corrected chi connectivity index (χ1v) is 11.7. The largest absolute Gasteiger partial charge is 0.507 e. The molecule has 0 bridgehead atoms. The van der Waals surface area contributed by atoms with Crippen LogP contribution >= 0.6 is 0 Å². The van der Waals surface area contributed by atoms with Crippen molar-refractivity contribution in [3.63, 3.8) is 0 Å². The summed E-state index contributed by atoms with van der Waals surface area (Å²) in [4.78, 5) is 31.7. The van der Waals surface area contributed by atoms with Gasteiger partial charge in [0.1, 0.15) is 11.5 Å². The Morgan fingerprint density at radius 2 is 1.76 bits per heavy atom. The van der Waals surface area contributed by atoms with Crippen LogP contribution in [0.15, 0.2) is 54.1 Å². The monoisotopic (exact) mass is 465 g/mol. The molecule has 1 saturated heterocycles. The third-order valence-corrected chi connectivity index (χ3v) is 5.93. The first-order valence-electron chi connectivity index (χ1n) is 11.7. The van der Waals surface area contributed by atoms with Crippen LogP contribution in [-0.2, 0) is 9.59 Å². The number of likely N-dealkylation sites (tertiary alicyclic amines) is 1. The van der Waals surface area contributed by atoms with Gasteiger partial charge in [-0.25, -0.2) is 0 Å². The van der Waals surface area contributed by atoms with Gasteiger partial charge in [-0.2, -0.15) is 0 Å². The molecule has 1 amide bonds. The Hall–Kier alpha value is -3.32. The fraction of sp³-hybridized carbons (Fsp3) is 0.407. The molecule has 1 heterocycles. The van der Waals surface area contributed by atoms with Crippen LogP contribution in [0.4, 0.5) is 5.69 Å². The van der Waals surface area contributed by atoms with Gasteiger partial charge in [0, 0.05) is 38.4 Å². The average Bonchev–Trinajstić information content (AvgIpc) is 3.07. The molecule has 3 rings (SSSR count). The minimum atomic E-state index is -0.671. The van der Waals surface area contributed by atoms with Crippen molar-refractivity contribution in [1.29, 1.82) is 0 Å². The molecule has 0 spiro atoms. The standard InChI is InChI=1S/C27H35N3O4/c1-6-7-17-34-22-10-8-9-20(18-22)25(31)23-24(19-11-13-21(14-12-19)29(4)5)30(16-15-28(2)3)27(33)26(23)32/h8-14,18,24,31H,6-7,15-17H2,1-5H3. The molecule has 182 valence electrons. The molecule has 1 aliphatic heterocycles. The zero-order valence-electron chi connectivity index (χ0n) is 20.7. The maximum absolute atomic E-state index is 13.2. The van der Waals surface area contributed by atoms with Gasteiger partial charge in [-0.05, 0) is 50.3 Å². The number of benzene rings is 2. The summed E-state index contributed by atoms with van der Waals surface area (Å²) in [5.41, 5.74) is 2.34. The van der Waals surface area contributed by atoms with Gasteiger partial charge in [0.2, 0.25) is 0 Å². The maximum atomic E-state index is 13.2. The van der Waals surface area contributed by atoms with Crippen LogP contribution in [0.5, 0.6) is 5.75 Å². The molecule has 2 aromatic carbocycles. The second-order valence-corrected chi connectivity index (χ2v) is 9.01. The van der Waals surface area contributed by atoms with Crippen molar-refractivity contribution in [2.75, 3.05) is 52.8 Å². The Balaban J connectivity index is 2.06. The lowest BCUT2D eigenvalue weighted by Crippen LogP contribution is -2.35. The Bertz CT molecular complexity index is 1040. The Kier molecular flexibility index (Phi) is 8.34. The van der Waals surface area contributed by atoms with E-state index in [9.17, 15) is 14.7 Å². The van der Waals surface area contributed by atoms with E-state index >= 15 is 0 Å². The topological polar surface area (TPSA) is 73.3 Å². The highest BCUT2D eigenvalue weighted by Crippen LogP contribution is 2.40. The van der Waals surface area contributed by atoms with Gasteiger partial charge < -0.3 is 24.5 Å². The minimum Gasteiger partial charge on any atom is -0.507 e. The second-order valence-electron chi connectivity index (χ2n) is 9.01. The highest BCUT2D eigenvalue weighted by atomic mass is 16.5. The van der Waals surface area contributed by atoms with Crippen LogP contribution in [0, 0.1) is 0 Å². The smallest absolute Gasteiger partial charge is 0.295 e. The van der Waals surface area contributed by atoms with E-state index in [-0.39, 0.29) is 11.3 Å². The average molecular weight is 466 g/mol. The molecular formula is C27H35N3O4. The van der Waals surface area contributed by atoms with Crippen molar-refractivity contribution in [1.82, 2.24) is 9.80 Å². The van der Waals surface area contributed by atoms with Crippen LogP contribution in [-0.4, -0.2) is 74.5 Å². The molecule has 1 atom stereocenters. The summed E-state index contributed by atoms with van der Waals surface area (Å²) in [6, 6.07) is 14.1. The molecule has 1 aliphatic rings. The molecule has 0 saturated carbocycles. The number of likely N-dealkylation sites (N-methyl/N-ethyl adjacent to an activating group) is 1. The molecule has 7 heteroatoms. The quantitative estimate of drug-likeness (QED) is 0.248. The molecule has 34 heavy (non-hydrogen) atoms. The van der Waals surface area contributed by atoms with Gasteiger partial charge in [0.15, 0.2) is 0 Å². The second kappa shape index (κ2) is 11.2. The zero-order chi connectivity index (χ0) is 24.8. The molecule has 1 fully saturated rings. The van der Waals surface area contributed by atoms with Crippen LogP contribution in [0.1, 0.15) is 36.9 Å². The maximum Gasteiger partial charge on any atom is 0.295 e. The molecule has 1 N–H and O–H groups in total. The number of unbranched alkanes of at least 4 members (excludes halogenated alkanes) is 1. The van der Waals surface area contributed by atoms with Gasteiger partial charge in [-0.15, -0.1) is 0 Å². The summed E-state index contributed by atoms with van der Waals surface area (Å²) in [6.07, 6.45) is 1.94. The van der Waals surface area contributed by atoms with E-state index in [1.165, 1.54) is 0 Å². The van der Waals surface area contributed by atoms with E-state index < -0.39 is 17.7 Å². The van der Waals surface area contributed by atoms with Gasteiger partial charge in [0.25, 0.3) is 11.7 Å². The number of carbonyl (C=O) groups is 2. The number of anilines is 1. The first kappa shape index (κ1) is 25.3. The lowest BCUT2D eigenvalue weighted by Gasteiger charge is -2.27. The number of nitrogens with zero attached hydrogens (tertiary/aromatic N) is 3. The van der Waals surface area contributed by atoms with Crippen molar-refractivity contribution >= 4 is 23.1 Å². The van der Waals surface area contributed by atoms with E-state index in [0.717, 1.165) is 24.1 Å². The normalized spacial score (nSPS) is 17.5. The number of ether oxygens (including phenoxy) is 1. The predicted octanol–water partition coefficient (Wildman–Crippen LogP) is 3.91. The lowest BCUT2D eigenvalue weighted by atomic mass is 9.95. The zero-order valence-corrected chi connectivity index (χ0v) is 20.7. The number of Topliss-reactive ketones (excluding diaryl/α,β-unsaturated/α-hetero) is 1. The Morgan fingerprint density at radius 3 is 2.38 bits per heavy atom. The summed E-state index contributed by atoms with van der Waals surface area (Å²) in [6.45, 7) is 3.63. The number of hydrogen-bond donors (Lipinski definition) is 1. The van der Waals surface area contributed by atoms with E-state index in [1.54, 1.807) is 23.1 Å². The summed E-state index contributed by atoms with van der Waals surface area (Å²) in [5.74, 6) is -0.838. The molecule has 0 radical (unpaired) electrons. The number of carbonyl (C=O) groups excluding carboxylic acids is 2. The fourth-order valence-corrected chi connectivity index (χ4v) is 3.94. The highest BCUT2D eigenvalue weighted by Gasteiger charge is 2.45. The third-order valence-electron chi connectivity index (χ3n) is 5.93. The van der Waals surface area contributed by atoms with Gasteiger partial charge in [-0.3, -0.25) is 9.59 Å². The van der Waals surface area contributed by atoms with Crippen LogP contribution in [0.3, 0.4) is 0 Å². The van der Waals surface area contributed by atoms with E-state index in [2.05, 4.69) is 6.92 Å². The molecule has 1 unspecified atom stereocenters. The summed E-state index contributed by atoms with van der Waals surface area (Å²) < 4.78 is 5.77.